The van der Waals surface area contributed by atoms with Crippen LogP contribution >= 0.6 is 0 Å². The fourth-order valence-electron chi connectivity index (χ4n) is 4.00. The summed E-state index contributed by atoms with van der Waals surface area (Å²) in [5, 5.41) is 0. The van der Waals surface area contributed by atoms with Crippen LogP contribution < -0.4 is 4.90 Å². The van der Waals surface area contributed by atoms with Crippen LogP contribution in [-0.4, -0.2) is 34.7 Å². The van der Waals surface area contributed by atoms with Crippen LogP contribution in [0.4, 0.5) is 10.6 Å². The van der Waals surface area contributed by atoms with E-state index in [1.807, 2.05) is 26.8 Å². The van der Waals surface area contributed by atoms with Crippen molar-refractivity contribution in [1.82, 2.24) is 9.88 Å². The molecule has 0 saturated carbocycles. The molecule has 0 aliphatic carbocycles. The number of nitrogens with zero attached hydrogens (tertiary/aromatic N) is 3. The molecule has 1 aromatic heterocycles. The van der Waals surface area contributed by atoms with Gasteiger partial charge in [0.2, 0.25) is 0 Å². The van der Waals surface area contributed by atoms with Gasteiger partial charge in [0, 0.05) is 30.9 Å². The lowest BCUT2D eigenvalue weighted by Gasteiger charge is -2.31. The van der Waals surface area contributed by atoms with Crippen molar-refractivity contribution in [2.45, 2.75) is 71.6 Å². The Bertz CT molecular complexity index is 817. The number of carbonyl (C=O) groups excluding carboxylic acids is 1. The number of carbonyl (C=O) groups is 1. The average Bonchev–Trinajstić information content (AvgIpc) is 3.16. The van der Waals surface area contributed by atoms with Crippen molar-refractivity contribution >= 4 is 11.9 Å². The number of unbranched alkanes of at least 4 members (excludes halogenated alkanes) is 1. The second-order valence-electron chi connectivity index (χ2n) is 9.02. The van der Waals surface area contributed by atoms with Crippen molar-refractivity contribution in [3.05, 3.63) is 59.8 Å². The fraction of sp³-hybridized carbons (Fsp3) is 0.520. The normalized spacial score (nSPS) is 17.1. The molecule has 1 amide bonds. The first-order valence-corrected chi connectivity index (χ1v) is 11.1. The zero-order valence-corrected chi connectivity index (χ0v) is 18.8. The first-order valence-electron chi connectivity index (χ1n) is 11.1. The molecule has 1 saturated heterocycles. The molecule has 1 unspecified atom stereocenters. The highest BCUT2D eigenvalue weighted by Crippen LogP contribution is 2.37. The van der Waals surface area contributed by atoms with Crippen molar-refractivity contribution < 1.29 is 9.53 Å². The van der Waals surface area contributed by atoms with Gasteiger partial charge in [0.1, 0.15) is 11.4 Å². The van der Waals surface area contributed by atoms with E-state index in [0.29, 0.717) is 6.54 Å². The van der Waals surface area contributed by atoms with Crippen LogP contribution in [0.5, 0.6) is 0 Å². The van der Waals surface area contributed by atoms with E-state index in [4.69, 9.17) is 4.74 Å². The summed E-state index contributed by atoms with van der Waals surface area (Å²) in [5.41, 5.74) is 1.89. The van der Waals surface area contributed by atoms with Gasteiger partial charge in [-0.05, 0) is 58.2 Å². The van der Waals surface area contributed by atoms with Crippen molar-refractivity contribution in [3.8, 4) is 0 Å². The third-order valence-electron chi connectivity index (χ3n) is 5.37. The maximum absolute atomic E-state index is 13.1. The lowest BCUT2D eigenvalue weighted by Crippen LogP contribution is -2.39. The Morgan fingerprint density at radius 1 is 1.20 bits per heavy atom. The number of benzene rings is 1. The first kappa shape index (κ1) is 22.3. The minimum Gasteiger partial charge on any atom is -0.443 e. The number of hydrogen-bond acceptors (Lipinski definition) is 4. The number of anilines is 1. The Morgan fingerprint density at radius 2 is 1.97 bits per heavy atom. The van der Waals surface area contributed by atoms with Crippen LogP contribution in [0.2, 0.25) is 0 Å². The first-order chi connectivity index (χ1) is 14.4. The molecule has 30 heavy (non-hydrogen) atoms. The molecule has 1 aliphatic rings. The van der Waals surface area contributed by atoms with Gasteiger partial charge in [-0.15, -0.1) is 0 Å². The standard InChI is InChI=1S/C25H35N3O2/c1-5-6-18-28(24(29)30-25(2,3)4)23-21(14-10-16-26-23)22-15-11-17-27(22)19-20-12-8-7-9-13-20/h7-10,12-14,16,22H,5-6,11,15,17-19H2,1-4H3. The number of amides is 1. The molecule has 1 atom stereocenters. The summed E-state index contributed by atoms with van der Waals surface area (Å²) in [4.78, 5) is 22.0. The lowest BCUT2D eigenvalue weighted by atomic mass is 10.0. The van der Waals surface area contributed by atoms with Gasteiger partial charge < -0.3 is 4.74 Å². The topological polar surface area (TPSA) is 45.7 Å². The van der Waals surface area contributed by atoms with Crippen molar-refractivity contribution in [2.24, 2.45) is 0 Å². The summed E-state index contributed by atoms with van der Waals surface area (Å²) in [6.07, 6.45) is 5.59. The molecule has 162 valence electrons. The van der Waals surface area contributed by atoms with Gasteiger partial charge in [0.15, 0.2) is 0 Å². The quantitative estimate of drug-likeness (QED) is 0.566. The Labute approximate surface area is 181 Å². The van der Waals surface area contributed by atoms with Gasteiger partial charge in [-0.25, -0.2) is 9.78 Å². The molecule has 0 N–H and O–H groups in total. The number of rotatable bonds is 7. The van der Waals surface area contributed by atoms with Crippen molar-refractivity contribution in [2.75, 3.05) is 18.0 Å². The summed E-state index contributed by atoms with van der Waals surface area (Å²) in [6.45, 7) is 10.4. The largest absolute Gasteiger partial charge is 0.443 e. The minimum atomic E-state index is -0.538. The summed E-state index contributed by atoms with van der Waals surface area (Å²) >= 11 is 0. The fourth-order valence-corrected chi connectivity index (χ4v) is 4.00. The van der Waals surface area contributed by atoms with Crippen molar-refractivity contribution in [3.63, 3.8) is 0 Å². The Hall–Kier alpha value is -2.40. The highest BCUT2D eigenvalue weighted by molar-refractivity contribution is 5.87. The van der Waals surface area contributed by atoms with Gasteiger partial charge in [0.25, 0.3) is 0 Å². The Kier molecular flexibility index (Phi) is 7.48. The number of ether oxygens (including phenoxy) is 1. The zero-order valence-electron chi connectivity index (χ0n) is 18.8. The van der Waals surface area contributed by atoms with E-state index >= 15 is 0 Å². The van der Waals surface area contributed by atoms with E-state index in [9.17, 15) is 4.79 Å². The lowest BCUT2D eigenvalue weighted by molar-refractivity contribution is 0.0578. The summed E-state index contributed by atoms with van der Waals surface area (Å²) in [7, 11) is 0. The molecular weight excluding hydrogens is 374 g/mol. The van der Waals surface area contributed by atoms with Gasteiger partial charge in [0.05, 0.1) is 0 Å². The van der Waals surface area contributed by atoms with E-state index < -0.39 is 5.60 Å². The molecule has 1 aliphatic heterocycles. The smallest absolute Gasteiger partial charge is 0.416 e. The van der Waals surface area contributed by atoms with Crippen LogP contribution in [0, 0.1) is 0 Å². The third kappa shape index (κ3) is 5.82. The molecule has 2 heterocycles. The van der Waals surface area contributed by atoms with Gasteiger partial charge in [-0.3, -0.25) is 9.80 Å². The van der Waals surface area contributed by atoms with Gasteiger partial charge in [-0.2, -0.15) is 0 Å². The molecule has 0 bridgehead atoms. The maximum atomic E-state index is 13.1. The van der Waals surface area contributed by atoms with E-state index in [-0.39, 0.29) is 12.1 Å². The third-order valence-corrected chi connectivity index (χ3v) is 5.37. The second kappa shape index (κ2) is 10.1. The number of aromatic nitrogens is 1. The molecule has 1 aromatic carbocycles. The monoisotopic (exact) mass is 409 g/mol. The van der Waals surface area contributed by atoms with Crippen LogP contribution in [0.15, 0.2) is 48.7 Å². The highest BCUT2D eigenvalue weighted by Gasteiger charge is 2.32. The summed E-state index contributed by atoms with van der Waals surface area (Å²) in [5.74, 6) is 0.741. The number of pyridine rings is 1. The van der Waals surface area contributed by atoms with Crippen LogP contribution in [0.25, 0.3) is 0 Å². The molecule has 5 nitrogen and oxygen atoms in total. The second-order valence-corrected chi connectivity index (χ2v) is 9.02. The van der Waals surface area contributed by atoms with Gasteiger partial charge >= 0.3 is 6.09 Å². The molecule has 3 rings (SSSR count). The number of hydrogen-bond donors (Lipinski definition) is 0. The highest BCUT2D eigenvalue weighted by atomic mass is 16.6. The van der Waals surface area contributed by atoms with Crippen LogP contribution in [0.3, 0.4) is 0 Å². The van der Waals surface area contributed by atoms with E-state index in [1.54, 1.807) is 11.1 Å². The predicted octanol–water partition coefficient (Wildman–Crippen LogP) is 5.96. The molecule has 0 radical (unpaired) electrons. The Morgan fingerprint density at radius 3 is 2.67 bits per heavy atom. The Balaban J connectivity index is 1.89. The van der Waals surface area contributed by atoms with E-state index in [2.05, 4.69) is 53.2 Å². The van der Waals surface area contributed by atoms with Crippen LogP contribution in [-0.2, 0) is 11.3 Å². The molecule has 1 fully saturated rings. The summed E-state index contributed by atoms with van der Waals surface area (Å²) < 4.78 is 5.72. The van der Waals surface area contributed by atoms with E-state index in [0.717, 1.165) is 50.2 Å². The molecule has 2 aromatic rings. The van der Waals surface area contributed by atoms with Crippen LogP contribution in [0.1, 0.15) is 70.5 Å². The minimum absolute atomic E-state index is 0.250. The predicted molar refractivity (Wildman–Crippen MR) is 122 cm³/mol. The van der Waals surface area contributed by atoms with E-state index in [1.165, 1.54) is 5.56 Å². The van der Waals surface area contributed by atoms with Crippen molar-refractivity contribution in [1.29, 1.82) is 0 Å². The summed E-state index contributed by atoms with van der Waals surface area (Å²) in [6, 6.07) is 14.9. The molecular formula is C25H35N3O2. The molecule has 5 heteroatoms. The zero-order chi connectivity index (χ0) is 21.6. The maximum Gasteiger partial charge on any atom is 0.416 e. The average molecular weight is 410 g/mol. The molecule has 0 spiro atoms. The van der Waals surface area contributed by atoms with Gasteiger partial charge in [-0.1, -0.05) is 49.7 Å². The number of likely N-dealkylation sites (tertiary alicyclic amines) is 1. The SMILES string of the molecule is CCCCN(C(=O)OC(C)(C)C)c1ncccc1C1CCCN1Cc1ccccc1.